The van der Waals surface area contributed by atoms with Gasteiger partial charge in [0.2, 0.25) is 0 Å². The van der Waals surface area contributed by atoms with Crippen LogP contribution in [-0.4, -0.2) is 31.1 Å². The van der Waals surface area contributed by atoms with Gasteiger partial charge in [-0.05, 0) is 31.2 Å². The van der Waals surface area contributed by atoms with E-state index in [0.717, 1.165) is 0 Å². The third-order valence-electron chi connectivity index (χ3n) is 3.57. The number of rotatable bonds is 5. The van der Waals surface area contributed by atoms with E-state index >= 15 is 0 Å². The Kier molecular flexibility index (Phi) is 6.50. The molecule has 0 amide bonds. The number of carbonyl (C=O) groups excluding carboxylic acids is 1. The standard InChI is InChI=1S/C16H24ClO5P2/c1-11(21-14-7-5-13(17)6-8-14)15(18)22-12(2)24(23)19-9-16(3,4)10-20-24/h5-8,11-12H,9-10,23H2,1-4H3/q+1. The molecule has 8 heteroatoms. The van der Waals surface area contributed by atoms with E-state index in [9.17, 15) is 4.79 Å². The minimum atomic E-state index is -2.32. The van der Waals surface area contributed by atoms with E-state index in [1.165, 1.54) is 0 Å². The molecule has 0 bridgehead atoms. The van der Waals surface area contributed by atoms with Crippen molar-refractivity contribution in [3.8, 4) is 5.75 Å². The second-order valence-electron chi connectivity index (χ2n) is 6.61. The molecule has 5 nitrogen and oxygen atoms in total. The zero-order valence-corrected chi connectivity index (χ0v) is 17.1. The summed E-state index contributed by atoms with van der Waals surface area (Å²) in [6.45, 7) is 8.71. The first-order chi connectivity index (χ1) is 11.1. The van der Waals surface area contributed by atoms with Crippen molar-refractivity contribution in [2.45, 2.75) is 39.6 Å². The lowest BCUT2D eigenvalue weighted by atomic mass is 9.97. The maximum Gasteiger partial charge on any atom is 0.350 e. The minimum Gasteiger partial charge on any atom is -0.479 e. The van der Waals surface area contributed by atoms with Gasteiger partial charge in [0, 0.05) is 17.4 Å². The van der Waals surface area contributed by atoms with Crippen molar-refractivity contribution in [2.24, 2.45) is 5.41 Å². The average molecular weight is 394 g/mol. The van der Waals surface area contributed by atoms with Gasteiger partial charge in [0.25, 0.3) is 5.85 Å². The van der Waals surface area contributed by atoms with E-state index in [1.54, 1.807) is 38.1 Å². The molecular weight excluding hydrogens is 370 g/mol. The first-order valence-electron chi connectivity index (χ1n) is 7.70. The Bertz CT molecular complexity index is 568. The van der Waals surface area contributed by atoms with Gasteiger partial charge in [-0.1, -0.05) is 25.4 Å². The number of hydrogen-bond acceptors (Lipinski definition) is 5. The highest BCUT2D eigenvalue weighted by Gasteiger charge is 2.52. The summed E-state index contributed by atoms with van der Waals surface area (Å²) < 4.78 is 22.8. The number of hydrogen-bond donors (Lipinski definition) is 0. The predicted molar refractivity (Wildman–Crippen MR) is 99.4 cm³/mol. The summed E-state index contributed by atoms with van der Waals surface area (Å²) in [4.78, 5) is 12.3. The van der Waals surface area contributed by atoms with Gasteiger partial charge < -0.3 is 9.47 Å². The molecule has 1 aromatic carbocycles. The summed E-state index contributed by atoms with van der Waals surface area (Å²) in [5.41, 5.74) is -0.0330. The summed E-state index contributed by atoms with van der Waals surface area (Å²) in [6.07, 6.45) is -0.744. The van der Waals surface area contributed by atoms with E-state index in [4.69, 9.17) is 30.1 Å². The lowest BCUT2D eigenvalue weighted by molar-refractivity contribution is -0.153. The van der Waals surface area contributed by atoms with Gasteiger partial charge in [-0.25, -0.2) is 4.79 Å². The van der Waals surface area contributed by atoms with Gasteiger partial charge in [0.1, 0.15) is 19.0 Å². The average Bonchev–Trinajstić information content (AvgIpc) is 2.52. The minimum absolute atomic E-state index is 0.0330. The molecule has 24 heavy (non-hydrogen) atoms. The van der Waals surface area contributed by atoms with E-state index in [-0.39, 0.29) is 5.41 Å². The summed E-state index contributed by atoms with van der Waals surface area (Å²) >= 11 is 5.83. The monoisotopic (exact) mass is 393 g/mol. The molecule has 1 saturated heterocycles. The zero-order chi connectivity index (χ0) is 18.0. The van der Waals surface area contributed by atoms with Crippen LogP contribution in [0.5, 0.6) is 5.75 Å². The Hall–Kier alpha value is -0.440. The summed E-state index contributed by atoms with van der Waals surface area (Å²) in [5, 5.41) is 0.607. The van der Waals surface area contributed by atoms with Crippen LogP contribution < -0.4 is 4.74 Å². The van der Waals surface area contributed by atoms with Crippen molar-refractivity contribution in [3.63, 3.8) is 0 Å². The Morgan fingerprint density at radius 1 is 1.25 bits per heavy atom. The van der Waals surface area contributed by atoms with E-state index in [2.05, 4.69) is 22.8 Å². The maximum atomic E-state index is 12.3. The third kappa shape index (κ3) is 5.28. The highest BCUT2D eigenvalue weighted by atomic mass is 35.5. The molecule has 1 heterocycles. The SMILES string of the molecule is CC(Oc1ccc(Cl)cc1)C(=O)OC(C)[P+]1(P)OCC(C)(C)CO1. The van der Waals surface area contributed by atoms with Crippen LogP contribution in [0.25, 0.3) is 0 Å². The van der Waals surface area contributed by atoms with Crippen LogP contribution in [0.4, 0.5) is 0 Å². The van der Waals surface area contributed by atoms with Crippen molar-refractivity contribution >= 4 is 33.9 Å². The van der Waals surface area contributed by atoms with Gasteiger partial charge >= 0.3 is 13.4 Å². The molecule has 134 valence electrons. The van der Waals surface area contributed by atoms with Crippen molar-refractivity contribution in [3.05, 3.63) is 29.3 Å². The van der Waals surface area contributed by atoms with Crippen molar-refractivity contribution in [1.82, 2.24) is 0 Å². The molecule has 1 aliphatic heterocycles. The number of benzene rings is 1. The Labute approximate surface area is 150 Å². The topological polar surface area (TPSA) is 54.0 Å². The quantitative estimate of drug-likeness (QED) is 0.536. The van der Waals surface area contributed by atoms with E-state index in [1.807, 2.05) is 0 Å². The van der Waals surface area contributed by atoms with Crippen LogP contribution in [0, 0.1) is 5.41 Å². The van der Waals surface area contributed by atoms with Crippen LogP contribution in [0.3, 0.4) is 0 Å². The molecule has 2 rings (SSSR count). The molecule has 0 aromatic heterocycles. The summed E-state index contributed by atoms with van der Waals surface area (Å²) in [6, 6.07) is 6.81. The lowest BCUT2D eigenvalue weighted by Crippen LogP contribution is -2.35. The largest absolute Gasteiger partial charge is 0.479 e. The van der Waals surface area contributed by atoms with Gasteiger partial charge in [-0.15, -0.1) is 0 Å². The highest BCUT2D eigenvalue weighted by Crippen LogP contribution is 2.74. The summed E-state index contributed by atoms with van der Waals surface area (Å²) in [7, 11) is 0.291. The smallest absolute Gasteiger partial charge is 0.350 e. The Morgan fingerprint density at radius 2 is 1.79 bits per heavy atom. The second kappa shape index (κ2) is 7.85. The van der Waals surface area contributed by atoms with E-state index < -0.39 is 25.3 Å². The van der Waals surface area contributed by atoms with Crippen molar-refractivity contribution in [1.29, 1.82) is 0 Å². The van der Waals surface area contributed by atoms with Crippen molar-refractivity contribution < 1.29 is 23.3 Å². The molecular formula is C16H24ClO5P2+. The van der Waals surface area contributed by atoms with Gasteiger partial charge in [0.05, 0.1) is 8.93 Å². The van der Waals surface area contributed by atoms with Crippen LogP contribution in [-0.2, 0) is 18.6 Å². The molecule has 0 radical (unpaired) electrons. The van der Waals surface area contributed by atoms with E-state index in [0.29, 0.717) is 24.0 Å². The van der Waals surface area contributed by atoms with Gasteiger partial charge in [0.15, 0.2) is 6.10 Å². The van der Waals surface area contributed by atoms with Crippen LogP contribution in [0.2, 0.25) is 5.02 Å². The number of ether oxygens (including phenoxy) is 2. The van der Waals surface area contributed by atoms with Crippen LogP contribution in [0.15, 0.2) is 24.3 Å². The molecule has 3 atom stereocenters. The normalized spacial score (nSPS) is 21.6. The fraction of sp³-hybridized carbons (Fsp3) is 0.562. The Balaban J connectivity index is 1.89. The number of carbonyl (C=O) groups is 1. The fourth-order valence-electron chi connectivity index (χ4n) is 1.94. The molecule has 0 spiro atoms. The lowest BCUT2D eigenvalue weighted by Gasteiger charge is -2.35. The number of esters is 1. The maximum absolute atomic E-state index is 12.3. The highest BCUT2D eigenvalue weighted by molar-refractivity contribution is 8.19. The molecule has 0 saturated carbocycles. The Morgan fingerprint density at radius 3 is 2.33 bits per heavy atom. The first-order valence-corrected chi connectivity index (χ1v) is 11.4. The van der Waals surface area contributed by atoms with Crippen LogP contribution in [0.1, 0.15) is 27.7 Å². The van der Waals surface area contributed by atoms with Crippen LogP contribution >= 0.6 is 27.9 Å². The molecule has 1 aliphatic rings. The fourth-order valence-corrected chi connectivity index (χ4v) is 4.55. The second-order valence-corrected chi connectivity index (χ2v) is 11.7. The van der Waals surface area contributed by atoms with Crippen molar-refractivity contribution in [2.75, 3.05) is 13.2 Å². The molecule has 1 aromatic rings. The molecule has 3 unspecified atom stereocenters. The van der Waals surface area contributed by atoms with Gasteiger partial charge in [-0.3, -0.25) is 0 Å². The summed E-state index contributed by atoms with van der Waals surface area (Å²) in [5.74, 6) is -0.391. The molecule has 0 N–H and O–H groups in total. The third-order valence-corrected chi connectivity index (χ3v) is 8.16. The zero-order valence-electron chi connectivity index (χ0n) is 14.3. The number of halogens is 1. The molecule has 1 fully saturated rings. The first kappa shape index (κ1) is 19.9. The molecule has 0 aliphatic carbocycles. The van der Waals surface area contributed by atoms with Gasteiger partial charge in [-0.2, -0.15) is 9.05 Å². The predicted octanol–water partition coefficient (Wildman–Crippen LogP) is 4.71.